The second-order valence-electron chi connectivity index (χ2n) is 5.72. The molecule has 0 aliphatic heterocycles. The first-order chi connectivity index (χ1) is 11.3. The van der Waals surface area contributed by atoms with Gasteiger partial charge in [0.15, 0.2) is 0 Å². The van der Waals surface area contributed by atoms with Gasteiger partial charge in [-0.15, -0.1) is 0 Å². The van der Waals surface area contributed by atoms with E-state index in [-0.39, 0.29) is 18.1 Å². The predicted molar refractivity (Wildman–Crippen MR) is 99.2 cm³/mol. The summed E-state index contributed by atoms with van der Waals surface area (Å²) in [5, 5.41) is 4.04. The summed E-state index contributed by atoms with van der Waals surface area (Å²) in [5.41, 5.74) is 3.91. The quantitative estimate of drug-likeness (QED) is 0.588. The van der Waals surface area contributed by atoms with Gasteiger partial charge in [0.1, 0.15) is 5.82 Å². The largest absolute Gasteiger partial charge is 0.358 e. The second-order valence-corrected chi connectivity index (χ2v) is 7.05. The standard InChI is InChI=1S/C18H15BrClFN2O/c1-9-5-11(19)6-15(20)18(9)23-17(24)8-13-10(2)22-16-4-3-12(21)7-14(13)16/h3-7,22H,8H2,1-2H3,(H,23,24). The average molecular weight is 410 g/mol. The van der Waals surface area contributed by atoms with Crippen LogP contribution in [0, 0.1) is 19.7 Å². The van der Waals surface area contributed by atoms with Crippen LogP contribution in [0.5, 0.6) is 0 Å². The molecular weight excluding hydrogens is 395 g/mol. The van der Waals surface area contributed by atoms with Gasteiger partial charge in [0.05, 0.1) is 17.1 Å². The molecule has 6 heteroatoms. The normalized spacial score (nSPS) is 11.0. The van der Waals surface area contributed by atoms with Gasteiger partial charge in [-0.1, -0.05) is 27.5 Å². The van der Waals surface area contributed by atoms with Crippen molar-refractivity contribution in [3.63, 3.8) is 0 Å². The maximum Gasteiger partial charge on any atom is 0.228 e. The average Bonchev–Trinajstić information content (AvgIpc) is 2.79. The van der Waals surface area contributed by atoms with Gasteiger partial charge in [0.25, 0.3) is 0 Å². The molecule has 0 spiro atoms. The van der Waals surface area contributed by atoms with Crippen LogP contribution < -0.4 is 5.32 Å². The Kier molecular flexibility index (Phi) is 4.65. The van der Waals surface area contributed by atoms with E-state index < -0.39 is 0 Å². The molecular formula is C18H15BrClFN2O. The molecule has 124 valence electrons. The maximum absolute atomic E-state index is 13.5. The van der Waals surface area contributed by atoms with Crippen molar-refractivity contribution in [2.24, 2.45) is 0 Å². The molecule has 0 radical (unpaired) electrons. The molecule has 0 aliphatic carbocycles. The molecule has 2 aromatic carbocycles. The lowest BCUT2D eigenvalue weighted by Crippen LogP contribution is -2.16. The monoisotopic (exact) mass is 408 g/mol. The summed E-state index contributed by atoms with van der Waals surface area (Å²) in [6.07, 6.45) is 0.140. The number of benzene rings is 2. The summed E-state index contributed by atoms with van der Waals surface area (Å²) >= 11 is 9.58. The third-order valence-electron chi connectivity index (χ3n) is 3.94. The molecule has 0 bridgehead atoms. The first kappa shape index (κ1) is 17.0. The Morgan fingerprint density at radius 2 is 2.04 bits per heavy atom. The van der Waals surface area contributed by atoms with Crippen molar-refractivity contribution >= 4 is 50.0 Å². The van der Waals surface area contributed by atoms with Gasteiger partial charge in [-0.3, -0.25) is 4.79 Å². The van der Waals surface area contributed by atoms with E-state index in [1.54, 1.807) is 12.1 Å². The number of nitrogens with one attached hydrogen (secondary N) is 2. The minimum atomic E-state index is -0.324. The number of hydrogen-bond acceptors (Lipinski definition) is 1. The van der Waals surface area contributed by atoms with Crippen LogP contribution in [0.15, 0.2) is 34.8 Å². The summed E-state index contributed by atoms with van der Waals surface area (Å²) in [6, 6.07) is 8.13. The van der Waals surface area contributed by atoms with E-state index in [1.807, 2.05) is 19.9 Å². The highest BCUT2D eigenvalue weighted by Crippen LogP contribution is 2.30. The summed E-state index contributed by atoms with van der Waals surface area (Å²) in [5.74, 6) is -0.523. The van der Waals surface area contributed by atoms with Crippen LogP contribution in [-0.4, -0.2) is 10.9 Å². The van der Waals surface area contributed by atoms with E-state index in [4.69, 9.17) is 11.6 Å². The Bertz CT molecular complexity index is 929. The molecule has 3 rings (SSSR count). The topological polar surface area (TPSA) is 44.9 Å². The number of anilines is 1. The minimum Gasteiger partial charge on any atom is -0.358 e. The first-order valence-corrected chi connectivity index (χ1v) is 8.54. The van der Waals surface area contributed by atoms with Gasteiger partial charge in [-0.25, -0.2) is 4.39 Å². The van der Waals surface area contributed by atoms with Crippen molar-refractivity contribution in [3.8, 4) is 0 Å². The van der Waals surface area contributed by atoms with E-state index in [0.717, 1.165) is 32.2 Å². The molecule has 2 N–H and O–H groups in total. The molecule has 3 aromatic rings. The van der Waals surface area contributed by atoms with Gasteiger partial charge in [0, 0.05) is 21.1 Å². The van der Waals surface area contributed by atoms with Gasteiger partial charge in [-0.05, 0) is 55.3 Å². The highest BCUT2D eigenvalue weighted by atomic mass is 79.9. The lowest BCUT2D eigenvalue weighted by molar-refractivity contribution is -0.115. The number of halogens is 3. The third kappa shape index (κ3) is 3.32. The lowest BCUT2D eigenvalue weighted by Gasteiger charge is -2.11. The van der Waals surface area contributed by atoms with Crippen LogP contribution in [0.1, 0.15) is 16.8 Å². The van der Waals surface area contributed by atoms with E-state index in [9.17, 15) is 9.18 Å². The molecule has 1 amide bonds. The lowest BCUT2D eigenvalue weighted by atomic mass is 10.1. The molecule has 1 heterocycles. The number of H-pyrrole nitrogens is 1. The number of rotatable bonds is 3. The first-order valence-electron chi connectivity index (χ1n) is 7.37. The second kappa shape index (κ2) is 6.57. The third-order valence-corrected chi connectivity index (χ3v) is 4.69. The SMILES string of the molecule is Cc1cc(Br)cc(Cl)c1NC(=O)Cc1c(C)[nH]c2ccc(F)cc12. The Hall–Kier alpha value is -1.85. The fourth-order valence-corrected chi connectivity index (χ4v) is 3.81. The molecule has 0 saturated carbocycles. The zero-order chi connectivity index (χ0) is 17.4. The number of aromatic nitrogens is 1. The number of fused-ring (bicyclic) bond motifs is 1. The fourth-order valence-electron chi connectivity index (χ4n) is 2.79. The van der Waals surface area contributed by atoms with Crippen molar-refractivity contribution in [3.05, 3.63) is 62.5 Å². The van der Waals surface area contributed by atoms with E-state index in [1.165, 1.54) is 12.1 Å². The number of hydrogen-bond donors (Lipinski definition) is 2. The predicted octanol–water partition coefficient (Wildman–Crippen LogP) is 5.52. The number of carbonyl (C=O) groups is 1. The van der Waals surface area contributed by atoms with Crippen LogP contribution in [0.25, 0.3) is 10.9 Å². The van der Waals surface area contributed by atoms with Crippen molar-refractivity contribution in [1.29, 1.82) is 0 Å². The summed E-state index contributed by atoms with van der Waals surface area (Å²) in [7, 11) is 0. The molecule has 0 fully saturated rings. The van der Waals surface area contributed by atoms with Gasteiger partial charge < -0.3 is 10.3 Å². The van der Waals surface area contributed by atoms with Gasteiger partial charge >= 0.3 is 0 Å². The van der Waals surface area contributed by atoms with Gasteiger partial charge in [-0.2, -0.15) is 0 Å². The minimum absolute atomic E-state index is 0.140. The molecule has 0 unspecified atom stereocenters. The smallest absolute Gasteiger partial charge is 0.228 e. The zero-order valence-corrected chi connectivity index (χ0v) is 15.5. The Labute approximate surface area is 152 Å². The van der Waals surface area contributed by atoms with Crippen LogP contribution in [0.2, 0.25) is 5.02 Å². The van der Waals surface area contributed by atoms with Crippen LogP contribution in [0.3, 0.4) is 0 Å². The van der Waals surface area contributed by atoms with E-state index in [0.29, 0.717) is 10.7 Å². The molecule has 0 saturated heterocycles. The number of carbonyl (C=O) groups excluding carboxylic acids is 1. The van der Waals surface area contributed by atoms with Crippen molar-refractivity contribution in [2.75, 3.05) is 5.32 Å². The van der Waals surface area contributed by atoms with E-state index >= 15 is 0 Å². The Balaban J connectivity index is 1.88. The number of aryl methyl sites for hydroxylation is 2. The number of aromatic amines is 1. The van der Waals surface area contributed by atoms with Crippen LogP contribution in [-0.2, 0) is 11.2 Å². The highest BCUT2D eigenvalue weighted by molar-refractivity contribution is 9.10. The Morgan fingerprint density at radius 1 is 1.29 bits per heavy atom. The molecule has 0 aliphatic rings. The van der Waals surface area contributed by atoms with Crippen molar-refractivity contribution < 1.29 is 9.18 Å². The molecule has 0 atom stereocenters. The highest BCUT2D eigenvalue weighted by Gasteiger charge is 2.15. The van der Waals surface area contributed by atoms with Crippen LogP contribution in [0.4, 0.5) is 10.1 Å². The molecule has 1 aromatic heterocycles. The fraction of sp³-hybridized carbons (Fsp3) is 0.167. The van der Waals surface area contributed by atoms with E-state index in [2.05, 4.69) is 26.2 Å². The maximum atomic E-state index is 13.5. The van der Waals surface area contributed by atoms with Gasteiger partial charge in [0.2, 0.25) is 5.91 Å². The summed E-state index contributed by atoms with van der Waals surface area (Å²) < 4.78 is 14.4. The van der Waals surface area contributed by atoms with Crippen molar-refractivity contribution in [1.82, 2.24) is 4.98 Å². The van der Waals surface area contributed by atoms with Crippen LogP contribution >= 0.6 is 27.5 Å². The molecule has 3 nitrogen and oxygen atoms in total. The molecule has 24 heavy (non-hydrogen) atoms. The number of amides is 1. The van der Waals surface area contributed by atoms with Crippen molar-refractivity contribution in [2.45, 2.75) is 20.3 Å². The zero-order valence-electron chi connectivity index (χ0n) is 13.1. The summed E-state index contributed by atoms with van der Waals surface area (Å²) in [6.45, 7) is 3.75. The Morgan fingerprint density at radius 3 is 2.75 bits per heavy atom. The summed E-state index contributed by atoms with van der Waals surface area (Å²) in [4.78, 5) is 15.6.